The van der Waals surface area contributed by atoms with Crippen LogP contribution in [0.4, 0.5) is 0 Å². The molecule has 0 amide bonds. The number of hydrogen-bond acceptors (Lipinski definition) is 5. The number of carbonyl (C=O) groups is 3. The third-order valence-corrected chi connectivity index (χ3v) is 1.33. The van der Waals surface area contributed by atoms with Gasteiger partial charge in [-0.25, -0.2) is 0 Å². The van der Waals surface area contributed by atoms with Gasteiger partial charge in [0, 0.05) is 13.8 Å². The van der Waals surface area contributed by atoms with Gasteiger partial charge in [0.25, 0.3) is 0 Å². The van der Waals surface area contributed by atoms with Crippen LogP contribution in [-0.4, -0.2) is 30.9 Å². The topological polar surface area (TPSA) is 69.7 Å². The lowest BCUT2D eigenvalue weighted by Gasteiger charge is -1.94. The molecule has 0 bridgehead atoms. The molecule has 0 unspecified atom stereocenters. The van der Waals surface area contributed by atoms with E-state index in [4.69, 9.17) is 0 Å². The molecular weight excluding hydrogens is 212 g/mol. The predicted octanol–water partition coefficient (Wildman–Crippen LogP) is 0.794. The van der Waals surface area contributed by atoms with Gasteiger partial charge in [-0.3, -0.25) is 14.4 Å². The van der Waals surface area contributed by atoms with Gasteiger partial charge in [-0.2, -0.15) is 0 Å². The van der Waals surface area contributed by atoms with Crippen molar-refractivity contribution in [1.82, 2.24) is 0 Å². The molecule has 0 spiro atoms. The molecule has 88 valence electrons. The second-order valence-corrected chi connectivity index (χ2v) is 2.81. The van der Waals surface area contributed by atoms with Crippen molar-refractivity contribution in [2.75, 3.05) is 13.2 Å². The maximum Gasteiger partial charge on any atom is 0.302 e. The van der Waals surface area contributed by atoms with Crippen molar-refractivity contribution in [1.29, 1.82) is 0 Å². The molecule has 0 heterocycles. The molecule has 0 aliphatic carbocycles. The molecule has 0 fully saturated rings. The van der Waals surface area contributed by atoms with Gasteiger partial charge < -0.3 is 9.47 Å². The van der Waals surface area contributed by atoms with E-state index in [2.05, 4.69) is 9.47 Å². The molecule has 0 aliphatic heterocycles. The first kappa shape index (κ1) is 14.1. The molecular formula is C11H14O5. The van der Waals surface area contributed by atoms with E-state index in [1.54, 1.807) is 0 Å². The number of allylic oxidation sites excluding steroid dienone is 2. The van der Waals surface area contributed by atoms with Crippen molar-refractivity contribution in [3.63, 3.8) is 0 Å². The highest BCUT2D eigenvalue weighted by Crippen LogP contribution is 1.85. The first-order chi connectivity index (χ1) is 7.52. The molecule has 0 aromatic carbocycles. The summed E-state index contributed by atoms with van der Waals surface area (Å²) in [6, 6.07) is 0. The summed E-state index contributed by atoms with van der Waals surface area (Å²) in [6.45, 7) is 2.71. The van der Waals surface area contributed by atoms with Crippen LogP contribution < -0.4 is 0 Å². The first-order valence-corrected chi connectivity index (χ1v) is 4.66. The van der Waals surface area contributed by atoms with E-state index in [0.717, 1.165) is 0 Å². The summed E-state index contributed by atoms with van der Waals surface area (Å²) in [5, 5.41) is 0. The Morgan fingerprint density at radius 2 is 1.25 bits per heavy atom. The Hall–Kier alpha value is -1.91. The first-order valence-electron chi connectivity index (χ1n) is 4.66. The van der Waals surface area contributed by atoms with E-state index < -0.39 is 11.9 Å². The van der Waals surface area contributed by atoms with Crippen molar-refractivity contribution in [2.45, 2.75) is 13.8 Å². The Morgan fingerprint density at radius 3 is 1.56 bits per heavy atom. The highest BCUT2D eigenvalue weighted by molar-refractivity contribution is 5.99. The van der Waals surface area contributed by atoms with E-state index in [1.807, 2.05) is 0 Å². The molecule has 0 N–H and O–H groups in total. The molecule has 16 heavy (non-hydrogen) atoms. The SMILES string of the molecule is CC(=O)OCC=CC(=O)C=CCOC(C)=O. The summed E-state index contributed by atoms with van der Waals surface area (Å²) in [5.41, 5.74) is 0. The minimum Gasteiger partial charge on any atom is -0.462 e. The van der Waals surface area contributed by atoms with Crippen molar-refractivity contribution in [3.05, 3.63) is 24.3 Å². The van der Waals surface area contributed by atoms with Gasteiger partial charge in [-0.1, -0.05) is 0 Å². The maximum atomic E-state index is 11.1. The van der Waals surface area contributed by atoms with Crippen LogP contribution in [0, 0.1) is 0 Å². The number of hydrogen-bond donors (Lipinski definition) is 0. The Morgan fingerprint density at radius 1 is 0.875 bits per heavy atom. The molecule has 5 nitrogen and oxygen atoms in total. The Balaban J connectivity index is 3.72. The quantitative estimate of drug-likeness (QED) is 0.494. The second kappa shape index (κ2) is 8.40. The van der Waals surface area contributed by atoms with Gasteiger partial charge in [0.15, 0.2) is 5.78 Å². The van der Waals surface area contributed by atoms with Crippen molar-refractivity contribution >= 4 is 17.7 Å². The highest BCUT2D eigenvalue weighted by atomic mass is 16.5. The Kier molecular flexibility index (Phi) is 7.40. The average molecular weight is 226 g/mol. The van der Waals surface area contributed by atoms with Crippen LogP contribution >= 0.6 is 0 Å². The van der Waals surface area contributed by atoms with E-state index in [-0.39, 0.29) is 19.0 Å². The molecule has 0 aromatic rings. The van der Waals surface area contributed by atoms with Crippen molar-refractivity contribution in [2.24, 2.45) is 0 Å². The van der Waals surface area contributed by atoms with Crippen LogP contribution in [0.2, 0.25) is 0 Å². The standard InChI is InChI=1S/C11H14O5/c1-9(12)15-7-3-5-11(14)6-4-8-16-10(2)13/h3-6H,7-8H2,1-2H3. The lowest BCUT2D eigenvalue weighted by Crippen LogP contribution is -1.99. The zero-order valence-corrected chi connectivity index (χ0v) is 9.26. The second-order valence-electron chi connectivity index (χ2n) is 2.81. The number of carbonyl (C=O) groups excluding carboxylic acids is 3. The van der Waals surface area contributed by atoms with Crippen LogP contribution in [0.1, 0.15) is 13.8 Å². The van der Waals surface area contributed by atoms with Crippen LogP contribution in [0.3, 0.4) is 0 Å². The smallest absolute Gasteiger partial charge is 0.302 e. The lowest BCUT2D eigenvalue weighted by atomic mass is 10.3. The van der Waals surface area contributed by atoms with Crippen LogP contribution in [0.25, 0.3) is 0 Å². The molecule has 0 rings (SSSR count). The highest BCUT2D eigenvalue weighted by Gasteiger charge is 1.91. The van der Waals surface area contributed by atoms with E-state index in [1.165, 1.54) is 38.2 Å². The minimum atomic E-state index is -0.400. The fraction of sp³-hybridized carbons (Fsp3) is 0.364. The summed E-state index contributed by atoms with van der Waals surface area (Å²) in [6.07, 6.45) is 5.40. The van der Waals surface area contributed by atoms with Gasteiger partial charge in [0.1, 0.15) is 13.2 Å². The van der Waals surface area contributed by atoms with Crippen LogP contribution in [-0.2, 0) is 23.9 Å². The predicted molar refractivity (Wildman–Crippen MR) is 56.6 cm³/mol. The van der Waals surface area contributed by atoms with Gasteiger partial charge >= 0.3 is 11.9 Å². The maximum absolute atomic E-state index is 11.1. The molecule has 0 aliphatic rings. The molecule has 5 heteroatoms. The Bertz CT molecular complexity index is 284. The zero-order valence-electron chi connectivity index (χ0n) is 9.26. The van der Waals surface area contributed by atoms with Gasteiger partial charge in [-0.15, -0.1) is 0 Å². The molecule has 0 saturated heterocycles. The van der Waals surface area contributed by atoms with Gasteiger partial charge in [0.2, 0.25) is 0 Å². The fourth-order valence-corrected chi connectivity index (χ4v) is 0.715. The number of ketones is 1. The molecule has 0 saturated carbocycles. The normalized spacial score (nSPS) is 10.6. The summed E-state index contributed by atoms with van der Waals surface area (Å²) >= 11 is 0. The van der Waals surface area contributed by atoms with Crippen molar-refractivity contribution in [3.8, 4) is 0 Å². The molecule has 0 atom stereocenters. The summed E-state index contributed by atoms with van der Waals surface area (Å²) < 4.78 is 9.16. The third kappa shape index (κ3) is 10.2. The Labute approximate surface area is 93.7 Å². The van der Waals surface area contributed by atoms with E-state index >= 15 is 0 Å². The average Bonchev–Trinajstić information content (AvgIpc) is 2.19. The number of esters is 2. The van der Waals surface area contributed by atoms with Crippen LogP contribution in [0.15, 0.2) is 24.3 Å². The monoisotopic (exact) mass is 226 g/mol. The number of ether oxygens (including phenoxy) is 2. The van der Waals surface area contributed by atoms with E-state index in [9.17, 15) is 14.4 Å². The zero-order chi connectivity index (χ0) is 12.4. The lowest BCUT2D eigenvalue weighted by molar-refractivity contribution is -0.140. The summed E-state index contributed by atoms with van der Waals surface area (Å²) in [5.74, 6) is -1.07. The molecule has 0 radical (unpaired) electrons. The molecule has 0 aromatic heterocycles. The third-order valence-electron chi connectivity index (χ3n) is 1.33. The van der Waals surface area contributed by atoms with E-state index in [0.29, 0.717) is 0 Å². The largest absolute Gasteiger partial charge is 0.462 e. The fourth-order valence-electron chi connectivity index (χ4n) is 0.715. The minimum absolute atomic E-state index is 0.0683. The van der Waals surface area contributed by atoms with Crippen molar-refractivity contribution < 1.29 is 23.9 Å². The summed E-state index contributed by atoms with van der Waals surface area (Å²) in [4.78, 5) is 31.8. The van der Waals surface area contributed by atoms with Gasteiger partial charge in [-0.05, 0) is 24.3 Å². The number of rotatable bonds is 6. The van der Waals surface area contributed by atoms with Gasteiger partial charge in [0.05, 0.1) is 0 Å². The summed E-state index contributed by atoms with van der Waals surface area (Å²) in [7, 11) is 0. The van der Waals surface area contributed by atoms with Crippen LogP contribution in [0.5, 0.6) is 0 Å².